The van der Waals surface area contributed by atoms with Gasteiger partial charge in [0.2, 0.25) is 0 Å². The number of thiocarbonyl (C=S) groups is 1. The summed E-state index contributed by atoms with van der Waals surface area (Å²) in [6.45, 7) is 6.48. The van der Waals surface area contributed by atoms with Gasteiger partial charge in [-0.25, -0.2) is 4.39 Å². The Hall–Kier alpha value is -1.66. The minimum absolute atomic E-state index is 0.0805. The largest absolute Gasteiger partial charge is 0.319 e. The fourth-order valence-electron chi connectivity index (χ4n) is 4.81. The lowest BCUT2D eigenvalue weighted by molar-refractivity contribution is 0.357. The molecule has 1 unspecified atom stereocenters. The van der Waals surface area contributed by atoms with E-state index in [0.717, 1.165) is 49.2 Å². The first-order chi connectivity index (χ1) is 16.5. The van der Waals surface area contributed by atoms with Crippen molar-refractivity contribution in [2.24, 2.45) is 10.4 Å². The number of aliphatic imine (C=N–C) groups is 1. The number of benzene rings is 2. The smallest absolute Gasteiger partial charge is 0.179 e. The highest BCUT2D eigenvalue weighted by atomic mass is 35.5. The van der Waals surface area contributed by atoms with Gasteiger partial charge in [-0.1, -0.05) is 93.1 Å². The minimum atomic E-state index is -0.445. The van der Waals surface area contributed by atoms with Gasteiger partial charge in [0, 0.05) is 15.7 Å². The van der Waals surface area contributed by atoms with Crippen molar-refractivity contribution in [3.63, 3.8) is 0 Å². The molecule has 1 atom stereocenters. The zero-order valence-corrected chi connectivity index (χ0v) is 23.1. The molecule has 2 aromatic carbocycles. The lowest BCUT2D eigenvalue weighted by atomic mass is 9.79. The van der Waals surface area contributed by atoms with Gasteiger partial charge in [-0.15, -0.1) is 0 Å². The Bertz CT molecular complexity index is 1180. The molecule has 2 aliphatic rings. The number of amidine groups is 1. The van der Waals surface area contributed by atoms with Gasteiger partial charge in [0.1, 0.15) is 17.2 Å². The molecule has 1 aliphatic carbocycles. The second-order valence-corrected chi connectivity index (χ2v) is 11.9. The van der Waals surface area contributed by atoms with Crippen LogP contribution in [0.2, 0.25) is 15.1 Å². The van der Waals surface area contributed by atoms with Gasteiger partial charge in [-0.2, -0.15) is 0 Å². The van der Waals surface area contributed by atoms with Crippen LogP contribution in [0.1, 0.15) is 58.4 Å². The Morgan fingerprint density at radius 1 is 1.06 bits per heavy atom. The summed E-state index contributed by atoms with van der Waals surface area (Å²) in [6.07, 6.45) is 9.17. The summed E-state index contributed by atoms with van der Waals surface area (Å²) in [6, 6.07) is 10.1. The number of anilines is 1. The van der Waals surface area contributed by atoms with Gasteiger partial charge in [0.05, 0.1) is 11.1 Å². The Morgan fingerprint density at radius 2 is 1.77 bits per heavy atom. The third-order valence-corrected chi connectivity index (χ3v) is 7.85. The molecule has 1 saturated carbocycles. The standard InChI is InChI=1S/C27H29Cl3FN3S/c1-26(2,3)23(12-8-17-7-9-18(28)15-20(17)29)32-24-27(13-5-4-6-14-27)34(25(35)33-24)19-10-11-22(31)21(30)16-19/h7-12,15-16,23H,4-6,13-14H2,1-3H3,(H,32,33,35)/b12-8+. The molecule has 8 heteroatoms. The average Bonchev–Trinajstić information content (AvgIpc) is 3.04. The van der Waals surface area contributed by atoms with E-state index in [0.29, 0.717) is 15.2 Å². The van der Waals surface area contributed by atoms with Crippen LogP contribution in [0.15, 0.2) is 47.5 Å². The van der Waals surface area contributed by atoms with Crippen LogP contribution in [0.4, 0.5) is 10.1 Å². The molecule has 186 valence electrons. The van der Waals surface area contributed by atoms with Crippen molar-refractivity contribution in [3.05, 3.63) is 68.9 Å². The van der Waals surface area contributed by atoms with Crippen molar-refractivity contribution in [2.45, 2.75) is 64.5 Å². The molecule has 0 aromatic heterocycles. The quantitative estimate of drug-likeness (QED) is 0.384. The highest BCUT2D eigenvalue weighted by Crippen LogP contribution is 2.42. The summed E-state index contributed by atoms with van der Waals surface area (Å²) >= 11 is 24.4. The van der Waals surface area contributed by atoms with Crippen LogP contribution in [0.3, 0.4) is 0 Å². The summed E-state index contributed by atoms with van der Waals surface area (Å²) < 4.78 is 13.9. The Balaban J connectivity index is 1.76. The van der Waals surface area contributed by atoms with Gasteiger partial charge in [-0.3, -0.25) is 4.99 Å². The van der Waals surface area contributed by atoms with E-state index >= 15 is 0 Å². The molecule has 0 bridgehead atoms. The molecule has 3 nitrogen and oxygen atoms in total. The number of hydrogen-bond acceptors (Lipinski definition) is 2. The van der Waals surface area contributed by atoms with Crippen molar-refractivity contribution < 1.29 is 4.39 Å². The van der Waals surface area contributed by atoms with Crippen LogP contribution < -0.4 is 10.2 Å². The molecule has 0 amide bonds. The maximum Gasteiger partial charge on any atom is 0.179 e. The van der Waals surface area contributed by atoms with Crippen molar-refractivity contribution in [1.82, 2.24) is 5.32 Å². The highest BCUT2D eigenvalue weighted by Gasteiger charge is 2.50. The van der Waals surface area contributed by atoms with Crippen molar-refractivity contribution in [2.75, 3.05) is 4.90 Å². The van der Waals surface area contributed by atoms with Gasteiger partial charge in [-0.05, 0) is 66.4 Å². The molecule has 1 aliphatic heterocycles. The molecule has 4 rings (SSSR count). The summed E-state index contributed by atoms with van der Waals surface area (Å²) in [7, 11) is 0. The summed E-state index contributed by atoms with van der Waals surface area (Å²) in [5, 5.41) is 5.25. The monoisotopic (exact) mass is 551 g/mol. The maximum atomic E-state index is 13.9. The predicted molar refractivity (Wildman–Crippen MR) is 152 cm³/mol. The SMILES string of the molecule is CC(C)(C)C(/C=C/c1ccc(Cl)cc1Cl)N=C1NC(=S)N(c2ccc(F)c(Cl)c2)C12CCCCC2. The Morgan fingerprint density at radius 3 is 2.40 bits per heavy atom. The van der Waals surface area contributed by atoms with Crippen molar-refractivity contribution in [1.29, 1.82) is 0 Å². The van der Waals surface area contributed by atoms with Crippen LogP contribution in [-0.2, 0) is 0 Å². The highest BCUT2D eigenvalue weighted by molar-refractivity contribution is 7.80. The molecule has 1 saturated heterocycles. The number of hydrogen-bond donors (Lipinski definition) is 1. The molecule has 0 radical (unpaired) electrons. The zero-order valence-electron chi connectivity index (χ0n) is 20.0. The molecular weight excluding hydrogens is 524 g/mol. The normalized spacial score (nSPS) is 20.1. The van der Waals surface area contributed by atoms with Crippen LogP contribution in [-0.4, -0.2) is 22.5 Å². The number of halogens is 4. The van der Waals surface area contributed by atoms with E-state index in [1.165, 1.54) is 6.07 Å². The summed E-state index contributed by atoms with van der Waals surface area (Å²) in [5.74, 6) is 0.410. The van der Waals surface area contributed by atoms with Crippen LogP contribution >= 0.6 is 47.0 Å². The second kappa shape index (κ2) is 10.4. The first kappa shape index (κ1) is 26.4. The summed E-state index contributed by atoms with van der Waals surface area (Å²) in [5.41, 5.74) is 1.09. The van der Waals surface area contributed by atoms with Gasteiger partial charge in [0.25, 0.3) is 0 Å². The third-order valence-electron chi connectivity index (χ3n) is 6.72. The van der Waals surface area contributed by atoms with E-state index in [-0.39, 0.29) is 16.5 Å². The number of rotatable bonds is 4. The molecule has 1 N–H and O–H groups in total. The van der Waals surface area contributed by atoms with E-state index in [2.05, 4.69) is 37.1 Å². The Kier molecular flexibility index (Phi) is 7.82. The summed E-state index contributed by atoms with van der Waals surface area (Å²) in [4.78, 5) is 7.35. The fraction of sp³-hybridized carbons (Fsp3) is 0.407. The molecule has 2 aromatic rings. The molecule has 35 heavy (non-hydrogen) atoms. The molecule has 2 fully saturated rings. The molecule has 1 spiro atoms. The predicted octanol–water partition coefficient (Wildman–Crippen LogP) is 8.71. The maximum absolute atomic E-state index is 13.9. The van der Waals surface area contributed by atoms with E-state index in [1.807, 2.05) is 18.2 Å². The van der Waals surface area contributed by atoms with E-state index < -0.39 is 11.4 Å². The first-order valence-electron chi connectivity index (χ1n) is 11.8. The van der Waals surface area contributed by atoms with Crippen molar-refractivity contribution >= 4 is 69.7 Å². The molecule has 1 heterocycles. The van der Waals surface area contributed by atoms with E-state index in [1.54, 1.807) is 18.2 Å². The topological polar surface area (TPSA) is 27.6 Å². The minimum Gasteiger partial charge on any atom is -0.319 e. The van der Waals surface area contributed by atoms with Crippen LogP contribution in [0.25, 0.3) is 6.08 Å². The number of nitrogens with one attached hydrogen (secondary N) is 1. The van der Waals surface area contributed by atoms with Crippen molar-refractivity contribution in [3.8, 4) is 0 Å². The average molecular weight is 553 g/mol. The van der Waals surface area contributed by atoms with Gasteiger partial charge < -0.3 is 10.2 Å². The Labute approximate surface area is 227 Å². The fourth-order valence-corrected chi connectivity index (χ4v) is 5.83. The lowest BCUT2D eigenvalue weighted by Gasteiger charge is -2.41. The van der Waals surface area contributed by atoms with Crippen LogP contribution in [0.5, 0.6) is 0 Å². The number of nitrogens with zero attached hydrogens (tertiary/aromatic N) is 2. The lowest BCUT2D eigenvalue weighted by Crippen LogP contribution is -2.51. The van der Waals surface area contributed by atoms with Crippen LogP contribution in [0, 0.1) is 11.2 Å². The van der Waals surface area contributed by atoms with E-state index in [4.69, 9.17) is 52.0 Å². The molecular formula is C27H29Cl3FN3S. The van der Waals surface area contributed by atoms with Gasteiger partial charge >= 0.3 is 0 Å². The van der Waals surface area contributed by atoms with Gasteiger partial charge in [0.15, 0.2) is 5.11 Å². The third kappa shape index (κ3) is 5.53. The zero-order chi connectivity index (χ0) is 25.4. The van der Waals surface area contributed by atoms with E-state index in [9.17, 15) is 4.39 Å². The first-order valence-corrected chi connectivity index (χ1v) is 13.3. The second-order valence-electron chi connectivity index (χ2n) is 10.3.